The fourth-order valence-corrected chi connectivity index (χ4v) is 6.23. The minimum atomic E-state index is -3.87. The first kappa shape index (κ1) is 20.0. The van der Waals surface area contributed by atoms with Crippen molar-refractivity contribution in [3.05, 3.63) is 39.9 Å². The quantitative estimate of drug-likeness (QED) is 0.658. The molecule has 0 bridgehead atoms. The monoisotopic (exact) mass is 428 g/mol. The Hall–Kier alpha value is -1.79. The number of sulfonamides is 1. The summed E-state index contributed by atoms with van der Waals surface area (Å²) >= 11 is 2.52. The summed E-state index contributed by atoms with van der Waals surface area (Å²) in [6, 6.07) is 6.81. The third kappa shape index (κ3) is 4.22. The number of amides is 2. The first-order valence-electron chi connectivity index (χ1n) is 8.30. The Balaban J connectivity index is 1.87. The maximum atomic E-state index is 13.0. The third-order valence-electron chi connectivity index (χ3n) is 4.09. The van der Waals surface area contributed by atoms with Gasteiger partial charge < -0.3 is 16.0 Å². The molecule has 0 spiro atoms. The molecule has 8 nitrogen and oxygen atoms in total. The Labute approximate surface area is 165 Å². The van der Waals surface area contributed by atoms with Crippen molar-refractivity contribution in [2.24, 2.45) is 5.73 Å². The molecule has 1 fully saturated rings. The van der Waals surface area contributed by atoms with Gasteiger partial charge in [0, 0.05) is 31.1 Å². The van der Waals surface area contributed by atoms with Crippen LogP contribution in [-0.2, 0) is 26.0 Å². The fourth-order valence-electron chi connectivity index (χ4n) is 2.87. The van der Waals surface area contributed by atoms with Crippen LogP contribution in [0.2, 0.25) is 0 Å². The topological polar surface area (TPSA) is 113 Å². The van der Waals surface area contributed by atoms with Gasteiger partial charge in [-0.15, -0.1) is 22.7 Å². The Kier molecular flexibility index (Phi) is 6.27. The lowest BCUT2D eigenvalue weighted by atomic mass is 10.3. The van der Waals surface area contributed by atoms with Crippen LogP contribution in [0.1, 0.15) is 4.88 Å². The van der Waals surface area contributed by atoms with E-state index in [1.165, 1.54) is 22.3 Å². The minimum absolute atomic E-state index is 0.0666. The molecule has 1 unspecified atom stereocenters. The molecule has 146 valence electrons. The van der Waals surface area contributed by atoms with Gasteiger partial charge >= 0.3 is 0 Å². The van der Waals surface area contributed by atoms with E-state index in [0.717, 1.165) is 20.5 Å². The van der Waals surface area contributed by atoms with Gasteiger partial charge in [-0.1, -0.05) is 12.1 Å². The second-order valence-corrected chi connectivity index (χ2v) is 9.94. The Morgan fingerprint density at radius 1 is 1.19 bits per heavy atom. The van der Waals surface area contributed by atoms with E-state index in [1.807, 2.05) is 17.5 Å². The fraction of sp³-hybridized carbons (Fsp3) is 0.375. The van der Waals surface area contributed by atoms with Crippen molar-refractivity contribution in [1.82, 2.24) is 14.5 Å². The highest BCUT2D eigenvalue weighted by atomic mass is 32.2. The average Bonchev–Trinajstić information content (AvgIpc) is 3.40. The zero-order valence-corrected chi connectivity index (χ0v) is 16.9. The molecule has 3 rings (SSSR count). The highest BCUT2D eigenvalue weighted by molar-refractivity contribution is 7.91. The average molecular weight is 429 g/mol. The van der Waals surface area contributed by atoms with Gasteiger partial charge in [-0.05, 0) is 22.9 Å². The number of thiophene rings is 2. The van der Waals surface area contributed by atoms with Crippen molar-refractivity contribution >= 4 is 44.5 Å². The van der Waals surface area contributed by atoms with E-state index in [9.17, 15) is 18.0 Å². The highest BCUT2D eigenvalue weighted by Crippen LogP contribution is 2.28. The van der Waals surface area contributed by atoms with Crippen molar-refractivity contribution in [2.75, 3.05) is 26.2 Å². The summed E-state index contributed by atoms with van der Waals surface area (Å²) in [7, 11) is -3.87. The van der Waals surface area contributed by atoms with E-state index >= 15 is 0 Å². The van der Waals surface area contributed by atoms with Gasteiger partial charge in [0.05, 0.1) is 6.42 Å². The number of carbonyl (C=O) groups excluding carboxylic acids is 2. The third-order valence-corrected chi connectivity index (χ3v) is 8.19. The second-order valence-electron chi connectivity index (χ2n) is 5.84. The zero-order chi connectivity index (χ0) is 19.4. The summed E-state index contributed by atoms with van der Waals surface area (Å²) in [6.45, 7) is 0.654. The lowest BCUT2D eigenvalue weighted by Gasteiger charge is -2.28. The van der Waals surface area contributed by atoms with Crippen LogP contribution in [0.5, 0.6) is 0 Å². The molecule has 0 aromatic carbocycles. The minimum Gasteiger partial charge on any atom is -0.352 e. The molecule has 0 saturated carbocycles. The largest absolute Gasteiger partial charge is 0.352 e. The van der Waals surface area contributed by atoms with Gasteiger partial charge in [-0.3, -0.25) is 9.59 Å². The van der Waals surface area contributed by atoms with Crippen molar-refractivity contribution < 1.29 is 18.0 Å². The molecular weight excluding hydrogens is 408 g/mol. The van der Waals surface area contributed by atoms with E-state index < -0.39 is 22.1 Å². The maximum Gasteiger partial charge on any atom is 0.259 e. The molecule has 1 aliphatic rings. The van der Waals surface area contributed by atoms with Crippen molar-refractivity contribution in [3.63, 3.8) is 0 Å². The van der Waals surface area contributed by atoms with E-state index in [1.54, 1.807) is 11.4 Å². The van der Waals surface area contributed by atoms with Crippen LogP contribution < -0.4 is 11.1 Å². The van der Waals surface area contributed by atoms with E-state index in [-0.39, 0.29) is 42.7 Å². The molecule has 3 heterocycles. The van der Waals surface area contributed by atoms with Gasteiger partial charge in [0.15, 0.2) is 6.17 Å². The molecule has 1 aliphatic heterocycles. The summed E-state index contributed by atoms with van der Waals surface area (Å²) in [5.74, 6) is -0.827. The second kappa shape index (κ2) is 8.48. The number of nitrogens with one attached hydrogen (secondary N) is 1. The molecule has 1 saturated heterocycles. The predicted molar refractivity (Wildman–Crippen MR) is 104 cm³/mol. The predicted octanol–water partition coefficient (Wildman–Crippen LogP) is 0.286. The number of nitrogens with two attached hydrogens (primary N) is 1. The van der Waals surface area contributed by atoms with Crippen LogP contribution in [0.15, 0.2) is 39.2 Å². The zero-order valence-electron chi connectivity index (χ0n) is 14.4. The molecule has 2 aromatic heterocycles. The van der Waals surface area contributed by atoms with Crippen molar-refractivity contribution in [3.8, 4) is 0 Å². The van der Waals surface area contributed by atoms with Crippen LogP contribution in [0.3, 0.4) is 0 Å². The highest BCUT2D eigenvalue weighted by Gasteiger charge is 2.46. The van der Waals surface area contributed by atoms with E-state index in [0.29, 0.717) is 0 Å². The number of hydrogen-bond acceptors (Lipinski definition) is 7. The van der Waals surface area contributed by atoms with Gasteiger partial charge in [0.25, 0.3) is 15.9 Å². The van der Waals surface area contributed by atoms with E-state index in [4.69, 9.17) is 5.73 Å². The van der Waals surface area contributed by atoms with E-state index in [2.05, 4.69) is 5.32 Å². The van der Waals surface area contributed by atoms with Crippen molar-refractivity contribution in [1.29, 1.82) is 0 Å². The summed E-state index contributed by atoms with van der Waals surface area (Å²) in [6.07, 6.45) is -1.08. The molecule has 0 radical (unpaired) electrons. The SMILES string of the molecule is NCCNC(=O)C1N(C(=O)Cc2cccs2)CCN1S(=O)(=O)c1cccs1. The standard InChI is InChI=1S/C16H20N4O4S3/c17-5-6-18-15(22)16-19(13(21)11-12-3-1-9-25-12)7-8-20(16)27(23,24)14-4-2-10-26-14/h1-4,9-10,16H,5-8,11,17H2,(H,18,22). The molecule has 3 N–H and O–H groups in total. The normalized spacial score (nSPS) is 18.0. The maximum absolute atomic E-state index is 13.0. The van der Waals surface area contributed by atoms with Gasteiger partial charge in [-0.25, -0.2) is 8.42 Å². The Bertz CT molecular complexity index is 881. The summed E-state index contributed by atoms with van der Waals surface area (Å²) in [5, 5.41) is 6.13. The smallest absolute Gasteiger partial charge is 0.259 e. The number of nitrogens with zero attached hydrogens (tertiary/aromatic N) is 2. The van der Waals surface area contributed by atoms with Crippen LogP contribution >= 0.6 is 22.7 Å². The number of hydrogen-bond donors (Lipinski definition) is 2. The molecule has 11 heteroatoms. The lowest BCUT2D eigenvalue weighted by Crippen LogP contribution is -2.54. The van der Waals surface area contributed by atoms with Crippen molar-refractivity contribution in [2.45, 2.75) is 16.8 Å². The lowest BCUT2D eigenvalue weighted by molar-refractivity contribution is -0.140. The Morgan fingerprint density at radius 3 is 2.56 bits per heavy atom. The molecule has 2 aromatic rings. The van der Waals surface area contributed by atoms with Crippen LogP contribution in [0, 0.1) is 0 Å². The van der Waals surface area contributed by atoms with Gasteiger partial charge in [0.1, 0.15) is 4.21 Å². The summed E-state index contributed by atoms with van der Waals surface area (Å²) in [4.78, 5) is 27.6. The summed E-state index contributed by atoms with van der Waals surface area (Å²) in [5.41, 5.74) is 5.43. The molecular formula is C16H20N4O4S3. The first-order chi connectivity index (χ1) is 12.9. The number of rotatable bonds is 7. The van der Waals surface area contributed by atoms with Gasteiger partial charge in [0.2, 0.25) is 5.91 Å². The first-order valence-corrected chi connectivity index (χ1v) is 11.5. The van der Waals surface area contributed by atoms with Crippen LogP contribution in [0.25, 0.3) is 0 Å². The molecule has 27 heavy (non-hydrogen) atoms. The molecule has 1 atom stereocenters. The molecule has 0 aliphatic carbocycles. The number of carbonyl (C=O) groups is 2. The molecule has 2 amide bonds. The van der Waals surface area contributed by atoms with Crippen LogP contribution in [0.4, 0.5) is 0 Å². The van der Waals surface area contributed by atoms with Crippen LogP contribution in [-0.4, -0.2) is 61.8 Å². The summed E-state index contributed by atoms with van der Waals surface area (Å²) < 4.78 is 27.2. The van der Waals surface area contributed by atoms with Gasteiger partial charge in [-0.2, -0.15) is 4.31 Å². The Morgan fingerprint density at radius 2 is 1.93 bits per heavy atom.